The molecule has 0 spiro atoms. The van der Waals surface area contributed by atoms with Crippen LogP contribution in [0.25, 0.3) is 10.8 Å². The van der Waals surface area contributed by atoms with Crippen molar-refractivity contribution in [2.75, 3.05) is 11.9 Å². The van der Waals surface area contributed by atoms with E-state index < -0.39 is 0 Å². The monoisotopic (exact) mass is 258 g/mol. The average Bonchev–Trinajstić information content (AvgIpc) is 2.36. The minimum Gasteiger partial charge on any atom is -0.508 e. The van der Waals surface area contributed by atoms with E-state index in [4.69, 9.17) is 0 Å². The predicted octanol–water partition coefficient (Wildman–Crippen LogP) is 4.03. The maximum Gasteiger partial charge on any atom is 0.133 e. The van der Waals surface area contributed by atoms with Crippen LogP contribution in [-0.4, -0.2) is 16.6 Å². The molecule has 3 nitrogen and oxygen atoms in total. The molecule has 0 saturated carbocycles. The Kier molecular flexibility index (Phi) is 3.65. The van der Waals surface area contributed by atoms with E-state index >= 15 is 0 Å². The molecule has 0 aliphatic rings. The van der Waals surface area contributed by atoms with Crippen LogP contribution in [0.4, 0.5) is 5.82 Å². The average molecular weight is 258 g/mol. The summed E-state index contributed by atoms with van der Waals surface area (Å²) in [6, 6.07) is 7.32. The van der Waals surface area contributed by atoms with Crippen LogP contribution in [0.1, 0.15) is 27.7 Å². The van der Waals surface area contributed by atoms with Gasteiger partial charge in [0.15, 0.2) is 0 Å². The van der Waals surface area contributed by atoms with E-state index in [1.54, 1.807) is 18.3 Å². The van der Waals surface area contributed by atoms with Crippen molar-refractivity contribution in [1.29, 1.82) is 0 Å². The zero-order chi connectivity index (χ0) is 14.0. The summed E-state index contributed by atoms with van der Waals surface area (Å²) >= 11 is 0. The standard InChI is InChI=1S/C16H22N2O/c1-11(2)16(3,4)10-18-15-14-9-13(19)6-5-12(14)7-8-17-15/h5-9,11,19H,10H2,1-4H3,(H,17,18). The third-order valence-electron chi connectivity index (χ3n) is 4.02. The van der Waals surface area contributed by atoms with E-state index in [0.29, 0.717) is 5.92 Å². The third-order valence-corrected chi connectivity index (χ3v) is 4.02. The lowest BCUT2D eigenvalue weighted by molar-refractivity contribution is 0.269. The summed E-state index contributed by atoms with van der Waals surface area (Å²) < 4.78 is 0. The maximum atomic E-state index is 9.62. The lowest BCUT2D eigenvalue weighted by atomic mass is 9.81. The molecule has 0 bridgehead atoms. The van der Waals surface area contributed by atoms with Gasteiger partial charge >= 0.3 is 0 Å². The second-order valence-corrected chi connectivity index (χ2v) is 6.06. The van der Waals surface area contributed by atoms with Crippen LogP contribution in [0.2, 0.25) is 0 Å². The number of benzene rings is 1. The number of anilines is 1. The lowest BCUT2D eigenvalue weighted by Gasteiger charge is -2.29. The van der Waals surface area contributed by atoms with Crippen LogP contribution in [-0.2, 0) is 0 Å². The molecule has 19 heavy (non-hydrogen) atoms. The van der Waals surface area contributed by atoms with Gasteiger partial charge < -0.3 is 10.4 Å². The van der Waals surface area contributed by atoms with Crippen LogP contribution in [0.15, 0.2) is 30.5 Å². The highest BCUT2D eigenvalue weighted by Crippen LogP contribution is 2.29. The third kappa shape index (κ3) is 2.98. The van der Waals surface area contributed by atoms with Crippen LogP contribution < -0.4 is 5.32 Å². The smallest absolute Gasteiger partial charge is 0.133 e. The van der Waals surface area contributed by atoms with Gasteiger partial charge in [-0.15, -0.1) is 0 Å². The van der Waals surface area contributed by atoms with E-state index in [2.05, 4.69) is 38.0 Å². The number of phenolic OH excluding ortho intramolecular Hbond substituents is 1. The molecule has 102 valence electrons. The van der Waals surface area contributed by atoms with Gasteiger partial charge in [-0.1, -0.05) is 33.8 Å². The molecule has 0 radical (unpaired) electrons. The Morgan fingerprint density at radius 3 is 2.68 bits per heavy atom. The minimum atomic E-state index is 0.195. The fourth-order valence-corrected chi connectivity index (χ4v) is 1.81. The second-order valence-electron chi connectivity index (χ2n) is 6.06. The number of hydrogen-bond donors (Lipinski definition) is 2. The van der Waals surface area contributed by atoms with E-state index in [9.17, 15) is 5.11 Å². The van der Waals surface area contributed by atoms with Gasteiger partial charge in [0.05, 0.1) is 0 Å². The van der Waals surface area contributed by atoms with Crippen LogP contribution in [0.5, 0.6) is 5.75 Å². The molecule has 2 aromatic rings. The highest BCUT2D eigenvalue weighted by atomic mass is 16.3. The van der Waals surface area contributed by atoms with Crippen LogP contribution in [0, 0.1) is 11.3 Å². The number of phenols is 1. The summed E-state index contributed by atoms with van der Waals surface area (Å²) in [6.07, 6.45) is 1.80. The summed E-state index contributed by atoms with van der Waals surface area (Å²) in [6.45, 7) is 9.79. The number of rotatable bonds is 4. The Labute approximate surface area is 114 Å². The van der Waals surface area contributed by atoms with Crippen molar-refractivity contribution in [2.24, 2.45) is 11.3 Å². The van der Waals surface area contributed by atoms with Crippen molar-refractivity contribution >= 4 is 16.6 Å². The van der Waals surface area contributed by atoms with Crippen molar-refractivity contribution in [2.45, 2.75) is 27.7 Å². The molecule has 0 saturated heterocycles. The number of pyridine rings is 1. The van der Waals surface area contributed by atoms with Gasteiger partial charge in [0, 0.05) is 18.1 Å². The molecule has 0 aliphatic carbocycles. The number of aromatic hydroxyl groups is 1. The fraction of sp³-hybridized carbons (Fsp3) is 0.438. The molecule has 0 atom stereocenters. The summed E-state index contributed by atoms with van der Waals surface area (Å²) in [5.41, 5.74) is 0.195. The fourth-order valence-electron chi connectivity index (χ4n) is 1.81. The molecule has 0 aliphatic heterocycles. The van der Waals surface area contributed by atoms with Gasteiger partial charge in [0.1, 0.15) is 11.6 Å². The Balaban J connectivity index is 2.28. The topological polar surface area (TPSA) is 45.2 Å². The van der Waals surface area contributed by atoms with Crippen molar-refractivity contribution in [3.8, 4) is 5.75 Å². The first kappa shape index (κ1) is 13.7. The van der Waals surface area contributed by atoms with Crippen LogP contribution in [0.3, 0.4) is 0 Å². The van der Waals surface area contributed by atoms with Gasteiger partial charge in [-0.05, 0) is 34.9 Å². The molecule has 0 fully saturated rings. The van der Waals surface area contributed by atoms with Crippen molar-refractivity contribution in [3.63, 3.8) is 0 Å². The van der Waals surface area contributed by atoms with Gasteiger partial charge in [-0.25, -0.2) is 4.98 Å². The minimum absolute atomic E-state index is 0.195. The Bertz CT molecular complexity index is 576. The zero-order valence-electron chi connectivity index (χ0n) is 12.1. The normalized spacial score (nSPS) is 12.1. The summed E-state index contributed by atoms with van der Waals surface area (Å²) in [7, 11) is 0. The first-order chi connectivity index (χ1) is 8.90. The molecular weight excluding hydrogens is 236 g/mol. The van der Waals surface area contributed by atoms with Crippen molar-refractivity contribution in [3.05, 3.63) is 30.5 Å². The summed E-state index contributed by atoms with van der Waals surface area (Å²) in [5.74, 6) is 1.69. The molecule has 0 unspecified atom stereocenters. The SMILES string of the molecule is CC(C)C(C)(C)CNc1nccc2ccc(O)cc12. The van der Waals surface area contributed by atoms with Crippen molar-refractivity contribution < 1.29 is 5.11 Å². The van der Waals surface area contributed by atoms with Gasteiger partial charge in [0.2, 0.25) is 0 Å². The molecule has 1 aromatic carbocycles. The quantitative estimate of drug-likeness (QED) is 0.870. The molecule has 1 heterocycles. The van der Waals surface area contributed by atoms with Crippen molar-refractivity contribution in [1.82, 2.24) is 4.98 Å². The second kappa shape index (κ2) is 5.08. The molecular formula is C16H22N2O. The Morgan fingerprint density at radius 1 is 1.26 bits per heavy atom. The first-order valence-electron chi connectivity index (χ1n) is 6.72. The first-order valence-corrected chi connectivity index (χ1v) is 6.72. The number of nitrogens with zero attached hydrogens (tertiary/aromatic N) is 1. The zero-order valence-corrected chi connectivity index (χ0v) is 12.1. The number of hydrogen-bond acceptors (Lipinski definition) is 3. The predicted molar refractivity (Wildman–Crippen MR) is 80.5 cm³/mol. The number of nitrogens with one attached hydrogen (secondary N) is 1. The van der Waals surface area contributed by atoms with Gasteiger partial charge in [0.25, 0.3) is 0 Å². The van der Waals surface area contributed by atoms with E-state index in [1.165, 1.54) is 0 Å². The highest BCUT2D eigenvalue weighted by molar-refractivity contribution is 5.92. The maximum absolute atomic E-state index is 9.62. The van der Waals surface area contributed by atoms with E-state index in [-0.39, 0.29) is 11.2 Å². The molecule has 3 heteroatoms. The van der Waals surface area contributed by atoms with Gasteiger partial charge in [-0.3, -0.25) is 0 Å². The largest absolute Gasteiger partial charge is 0.508 e. The number of aromatic nitrogens is 1. The number of fused-ring (bicyclic) bond motifs is 1. The highest BCUT2D eigenvalue weighted by Gasteiger charge is 2.22. The lowest BCUT2D eigenvalue weighted by Crippen LogP contribution is -2.28. The Morgan fingerprint density at radius 2 is 2.00 bits per heavy atom. The molecule has 2 rings (SSSR count). The van der Waals surface area contributed by atoms with E-state index in [0.717, 1.165) is 23.1 Å². The molecule has 1 aromatic heterocycles. The molecule has 0 amide bonds. The Hall–Kier alpha value is -1.77. The van der Waals surface area contributed by atoms with Crippen LogP contribution >= 0.6 is 0 Å². The van der Waals surface area contributed by atoms with E-state index in [1.807, 2.05) is 12.1 Å². The van der Waals surface area contributed by atoms with Gasteiger partial charge in [-0.2, -0.15) is 0 Å². The molecule has 2 N–H and O–H groups in total. The summed E-state index contributed by atoms with van der Waals surface area (Å²) in [5, 5.41) is 15.1. The summed E-state index contributed by atoms with van der Waals surface area (Å²) in [4.78, 5) is 4.39.